The van der Waals surface area contributed by atoms with E-state index in [0.29, 0.717) is 6.04 Å². The van der Waals surface area contributed by atoms with Gasteiger partial charge in [0.25, 0.3) is 0 Å². The lowest BCUT2D eigenvalue weighted by molar-refractivity contribution is 0.565. The van der Waals surface area contributed by atoms with Crippen molar-refractivity contribution in [3.8, 4) is 11.1 Å². The highest BCUT2D eigenvalue weighted by Crippen LogP contribution is 2.24. The number of hydrogen-bond donors (Lipinski definition) is 1. The molecular weight excluding hydrogens is 254 g/mol. The largest absolute Gasteiger partial charge is 0.317 e. The van der Waals surface area contributed by atoms with Crippen molar-refractivity contribution in [3.05, 3.63) is 59.1 Å². The molecule has 2 aromatic rings. The molecule has 19 heavy (non-hydrogen) atoms. The Hall–Kier alpha value is -1.31. The molecule has 100 valence electrons. The highest BCUT2D eigenvalue weighted by molar-refractivity contribution is 6.30. The zero-order chi connectivity index (χ0) is 13.7. The van der Waals surface area contributed by atoms with Gasteiger partial charge in [-0.05, 0) is 55.6 Å². The molecular formula is C17H20ClN. The second-order valence-electron chi connectivity index (χ2n) is 4.94. The summed E-state index contributed by atoms with van der Waals surface area (Å²) in [6.07, 6.45) is 2.24. The van der Waals surface area contributed by atoms with Crippen LogP contribution in [-0.4, -0.2) is 13.1 Å². The lowest BCUT2D eigenvalue weighted by atomic mass is 10.00. The standard InChI is InChI=1S/C17H20ClN/c1-13(19-2)9-10-14-5-3-6-15(11-14)16-7-4-8-17(18)12-16/h3-8,11-13,19H,9-10H2,1-2H3. The molecule has 0 radical (unpaired) electrons. The Bertz CT molecular complexity index is 536. The molecule has 0 aliphatic rings. The van der Waals surface area contributed by atoms with E-state index in [2.05, 4.69) is 42.6 Å². The first kappa shape index (κ1) is 14.1. The maximum Gasteiger partial charge on any atom is 0.0412 e. The van der Waals surface area contributed by atoms with Crippen molar-refractivity contribution in [2.75, 3.05) is 7.05 Å². The van der Waals surface area contributed by atoms with Gasteiger partial charge in [-0.3, -0.25) is 0 Å². The van der Waals surface area contributed by atoms with E-state index in [1.165, 1.54) is 16.7 Å². The van der Waals surface area contributed by atoms with Crippen LogP contribution in [0.15, 0.2) is 48.5 Å². The average molecular weight is 274 g/mol. The zero-order valence-corrected chi connectivity index (χ0v) is 12.2. The molecule has 1 unspecified atom stereocenters. The van der Waals surface area contributed by atoms with Gasteiger partial charge in [-0.25, -0.2) is 0 Å². The first-order valence-electron chi connectivity index (χ1n) is 6.71. The lowest BCUT2D eigenvalue weighted by Gasteiger charge is -2.10. The molecule has 0 saturated carbocycles. The molecule has 2 rings (SSSR count). The van der Waals surface area contributed by atoms with Gasteiger partial charge in [-0.15, -0.1) is 0 Å². The fourth-order valence-electron chi connectivity index (χ4n) is 2.10. The van der Waals surface area contributed by atoms with Crippen LogP contribution >= 0.6 is 11.6 Å². The Labute approximate surface area is 120 Å². The Kier molecular flexibility index (Phi) is 5.00. The van der Waals surface area contributed by atoms with Gasteiger partial charge >= 0.3 is 0 Å². The molecule has 2 aromatic carbocycles. The minimum Gasteiger partial charge on any atom is -0.317 e. The van der Waals surface area contributed by atoms with E-state index in [9.17, 15) is 0 Å². The highest BCUT2D eigenvalue weighted by atomic mass is 35.5. The number of rotatable bonds is 5. The van der Waals surface area contributed by atoms with Gasteiger partial charge in [-0.1, -0.05) is 48.0 Å². The molecule has 0 amide bonds. The summed E-state index contributed by atoms with van der Waals surface area (Å²) in [6.45, 7) is 2.21. The third kappa shape index (κ3) is 4.09. The molecule has 0 fully saturated rings. The van der Waals surface area contributed by atoms with Crippen LogP contribution in [0.1, 0.15) is 18.9 Å². The van der Waals surface area contributed by atoms with E-state index in [1.54, 1.807) is 0 Å². The summed E-state index contributed by atoms with van der Waals surface area (Å²) in [5.41, 5.74) is 3.78. The zero-order valence-electron chi connectivity index (χ0n) is 11.5. The molecule has 2 heteroatoms. The molecule has 0 saturated heterocycles. The summed E-state index contributed by atoms with van der Waals surface area (Å²) in [5, 5.41) is 4.06. The van der Waals surface area contributed by atoms with Crippen LogP contribution in [-0.2, 0) is 6.42 Å². The van der Waals surface area contributed by atoms with E-state index >= 15 is 0 Å². The molecule has 0 aliphatic heterocycles. The van der Waals surface area contributed by atoms with E-state index < -0.39 is 0 Å². The van der Waals surface area contributed by atoms with Gasteiger partial charge in [0.15, 0.2) is 0 Å². The van der Waals surface area contributed by atoms with Crippen molar-refractivity contribution in [2.45, 2.75) is 25.8 Å². The van der Waals surface area contributed by atoms with Crippen molar-refractivity contribution in [2.24, 2.45) is 0 Å². The van der Waals surface area contributed by atoms with Gasteiger partial charge in [0.05, 0.1) is 0 Å². The van der Waals surface area contributed by atoms with Crippen molar-refractivity contribution >= 4 is 11.6 Å². The third-order valence-electron chi connectivity index (χ3n) is 3.44. The third-order valence-corrected chi connectivity index (χ3v) is 3.68. The quantitative estimate of drug-likeness (QED) is 0.843. The molecule has 1 atom stereocenters. The van der Waals surface area contributed by atoms with Crippen molar-refractivity contribution < 1.29 is 0 Å². The molecule has 1 N–H and O–H groups in total. The Morgan fingerprint density at radius 1 is 1.05 bits per heavy atom. The molecule has 0 spiro atoms. The van der Waals surface area contributed by atoms with Crippen LogP contribution in [0.3, 0.4) is 0 Å². The van der Waals surface area contributed by atoms with Crippen LogP contribution < -0.4 is 5.32 Å². The van der Waals surface area contributed by atoms with Gasteiger partial charge < -0.3 is 5.32 Å². The number of benzene rings is 2. The summed E-state index contributed by atoms with van der Waals surface area (Å²) >= 11 is 6.05. The smallest absolute Gasteiger partial charge is 0.0412 e. The van der Waals surface area contributed by atoms with Crippen LogP contribution in [0.4, 0.5) is 0 Å². The topological polar surface area (TPSA) is 12.0 Å². The fraction of sp³-hybridized carbons (Fsp3) is 0.294. The number of nitrogens with one attached hydrogen (secondary N) is 1. The van der Waals surface area contributed by atoms with Crippen LogP contribution in [0.2, 0.25) is 5.02 Å². The van der Waals surface area contributed by atoms with Crippen LogP contribution in [0.25, 0.3) is 11.1 Å². The molecule has 0 bridgehead atoms. The first-order chi connectivity index (χ1) is 9.19. The maximum atomic E-state index is 6.05. The second-order valence-corrected chi connectivity index (χ2v) is 5.38. The van der Waals surface area contributed by atoms with E-state index in [-0.39, 0.29) is 0 Å². The van der Waals surface area contributed by atoms with Gasteiger partial charge in [0.2, 0.25) is 0 Å². The summed E-state index contributed by atoms with van der Waals surface area (Å²) in [6, 6.07) is 17.3. The lowest BCUT2D eigenvalue weighted by Crippen LogP contribution is -2.21. The monoisotopic (exact) mass is 273 g/mol. The van der Waals surface area contributed by atoms with Gasteiger partial charge in [0, 0.05) is 11.1 Å². The summed E-state index contributed by atoms with van der Waals surface area (Å²) in [5.74, 6) is 0. The number of aryl methyl sites for hydroxylation is 1. The Morgan fingerprint density at radius 2 is 1.74 bits per heavy atom. The second kappa shape index (κ2) is 6.74. The minimum atomic E-state index is 0.551. The predicted octanol–water partition coefficient (Wildman–Crippen LogP) is 4.55. The summed E-state index contributed by atoms with van der Waals surface area (Å²) in [7, 11) is 2.01. The Morgan fingerprint density at radius 3 is 2.42 bits per heavy atom. The highest BCUT2D eigenvalue weighted by Gasteiger charge is 2.02. The SMILES string of the molecule is CNC(C)CCc1cccc(-c2cccc(Cl)c2)c1. The average Bonchev–Trinajstić information content (AvgIpc) is 2.45. The van der Waals surface area contributed by atoms with Crippen molar-refractivity contribution in [1.82, 2.24) is 5.32 Å². The maximum absolute atomic E-state index is 6.05. The molecule has 1 nitrogen and oxygen atoms in total. The van der Waals surface area contributed by atoms with Crippen molar-refractivity contribution in [3.63, 3.8) is 0 Å². The van der Waals surface area contributed by atoms with E-state index in [0.717, 1.165) is 17.9 Å². The first-order valence-corrected chi connectivity index (χ1v) is 7.09. The fourth-order valence-corrected chi connectivity index (χ4v) is 2.29. The predicted molar refractivity (Wildman–Crippen MR) is 83.7 cm³/mol. The van der Waals surface area contributed by atoms with Crippen LogP contribution in [0.5, 0.6) is 0 Å². The molecule has 0 aromatic heterocycles. The summed E-state index contributed by atoms with van der Waals surface area (Å²) < 4.78 is 0. The van der Waals surface area contributed by atoms with Gasteiger partial charge in [-0.2, -0.15) is 0 Å². The van der Waals surface area contributed by atoms with Gasteiger partial charge in [0.1, 0.15) is 0 Å². The number of hydrogen-bond acceptors (Lipinski definition) is 1. The van der Waals surface area contributed by atoms with Crippen LogP contribution in [0, 0.1) is 0 Å². The van der Waals surface area contributed by atoms with Crippen molar-refractivity contribution in [1.29, 1.82) is 0 Å². The normalized spacial score (nSPS) is 12.4. The molecule has 0 heterocycles. The van der Waals surface area contributed by atoms with E-state index in [1.807, 2.05) is 25.2 Å². The Balaban J connectivity index is 2.15. The number of halogens is 1. The molecule has 0 aliphatic carbocycles. The minimum absolute atomic E-state index is 0.551. The van der Waals surface area contributed by atoms with E-state index in [4.69, 9.17) is 11.6 Å². The summed E-state index contributed by atoms with van der Waals surface area (Å²) in [4.78, 5) is 0.